The maximum atomic E-state index is 13.3. The Labute approximate surface area is 198 Å². The zero-order chi connectivity index (χ0) is 24.2. The number of carbonyl (C=O) groups excluding carboxylic acids is 1. The van der Waals surface area contributed by atoms with E-state index in [4.69, 9.17) is 16.0 Å². The van der Waals surface area contributed by atoms with E-state index in [-0.39, 0.29) is 18.1 Å². The van der Waals surface area contributed by atoms with Gasteiger partial charge in [-0.2, -0.15) is 5.10 Å². The number of alkyl halides is 4. The first-order valence-electron chi connectivity index (χ1n) is 10.9. The van der Waals surface area contributed by atoms with Crippen molar-refractivity contribution >= 4 is 23.2 Å². The van der Waals surface area contributed by atoms with Gasteiger partial charge in [0.15, 0.2) is 5.76 Å². The molecule has 0 aliphatic carbocycles. The lowest BCUT2D eigenvalue weighted by Crippen LogP contribution is -2.29. The van der Waals surface area contributed by atoms with E-state index in [2.05, 4.69) is 15.3 Å². The summed E-state index contributed by atoms with van der Waals surface area (Å²) < 4.78 is 58.7. The van der Waals surface area contributed by atoms with E-state index in [0.717, 1.165) is 25.2 Å². The number of likely N-dealkylation sites (tertiary alicyclic amines) is 1. The summed E-state index contributed by atoms with van der Waals surface area (Å²) >= 11 is 5.66. The predicted octanol–water partition coefficient (Wildman–Crippen LogP) is 6.29. The third-order valence-corrected chi connectivity index (χ3v) is 6.01. The van der Waals surface area contributed by atoms with Crippen molar-refractivity contribution < 1.29 is 26.8 Å². The summed E-state index contributed by atoms with van der Waals surface area (Å²) in [6, 6.07) is 10.3. The molecule has 182 valence electrons. The molecule has 1 aliphatic rings. The van der Waals surface area contributed by atoms with Crippen LogP contribution in [-0.4, -0.2) is 33.7 Å². The summed E-state index contributed by atoms with van der Waals surface area (Å²) in [6.45, 7) is 2.66. The minimum absolute atomic E-state index is 0.0571. The van der Waals surface area contributed by atoms with E-state index >= 15 is 0 Å². The number of hydrogen-bond acceptors (Lipinski definition) is 4. The van der Waals surface area contributed by atoms with Crippen molar-refractivity contribution in [2.24, 2.45) is 0 Å². The van der Waals surface area contributed by atoms with Crippen LogP contribution in [0.1, 0.15) is 65.4 Å². The van der Waals surface area contributed by atoms with E-state index in [9.17, 15) is 22.4 Å². The zero-order valence-electron chi connectivity index (χ0n) is 18.1. The number of furan rings is 1. The van der Waals surface area contributed by atoms with E-state index < -0.39 is 35.2 Å². The van der Waals surface area contributed by atoms with E-state index in [0.29, 0.717) is 10.4 Å². The third-order valence-electron chi connectivity index (χ3n) is 5.63. The molecule has 34 heavy (non-hydrogen) atoms. The summed E-state index contributed by atoms with van der Waals surface area (Å²) in [7, 11) is 0. The van der Waals surface area contributed by atoms with Crippen molar-refractivity contribution in [1.29, 1.82) is 0 Å². The highest BCUT2D eigenvalue weighted by atomic mass is 35.5. The van der Waals surface area contributed by atoms with Gasteiger partial charge in [0, 0.05) is 12.2 Å². The number of nitrogens with one attached hydrogen (secondary N) is 1. The summed E-state index contributed by atoms with van der Waals surface area (Å²) in [5.74, 6) is -0.502. The molecule has 6 nitrogen and oxygen atoms in total. The Morgan fingerprint density at radius 2 is 1.71 bits per heavy atom. The lowest BCUT2D eigenvalue weighted by Gasteiger charge is -2.26. The molecule has 1 aromatic carbocycles. The number of nitrogens with zero attached hydrogens (tertiary/aromatic N) is 3. The van der Waals surface area contributed by atoms with Crippen molar-refractivity contribution in [3.63, 3.8) is 0 Å². The highest BCUT2D eigenvalue weighted by Gasteiger charge is 2.28. The fourth-order valence-corrected chi connectivity index (χ4v) is 4.24. The second-order valence-electron chi connectivity index (χ2n) is 8.10. The molecular formula is C23H23ClF4N4O2. The molecule has 0 unspecified atom stereocenters. The standard InChI is InChI=1S/C23H23ClF4N4O2/c24-18-19(21(25)26)30-32(20(18)22(27)28)13-16-8-9-17(34-16)23(33)29-15-6-4-14(5-7-15)12-31-10-2-1-3-11-31/h4-9,21-22H,1-3,10-13H2,(H,29,33). The minimum Gasteiger partial charge on any atom is -0.454 e. The molecule has 1 fully saturated rings. The van der Waals surface area contributed by atoms with Crippen molar-refractivity contribution in [2.45, 2.75) is 45.2 Å². The van der Waals surface area contributed by atoms with Gasteiger partial charge >= 0.3 is 0 Å². The molecule has 11 heteroatoms. The Hall–Kier alpha value is -2.85. The molecule has 0 radical (unpaired) electrons. The Balaban J connectivity index is 1.39. The van der Waals surface area contributed by atoms with Gasteiger partial charge in [0.1, 0.15) is 17.1 Å². The van der Waals surface area contributed by atoms with Gasteiger partial charge in [-0.3, -0.25) is 14.4 Å². The zero-order valence-corrected chi connectivity index (χ0v) is 18.9. The molecule has 0 saturated carbocycles. The van der Waals surface area contributed by atoms with Gasteiger partial charge in [0.05, 0.1) is 11.6 Å². The van der Waals surface area contributed by atoms with Crippen LogP contribution in [0.25, 0.3) is 0 Å². The number of amides is 1. The fourth-order valence-electron chi connectivity index (χ4n) is 3.94. The Morgan fingerprint density at radius 1 is 1.00 bits per heavy atom. The van der Waals surface area contributed by atoms with Gasteiger partial charge in [0.2, 0.25) is 0 Å². The maximum Gasteiger partial charge on any atom is 0.291 e. The predicted molar refractivity (Wildman–Crippen MR) is 118 cm³/mol. The molecule has 2 aromatic heterocycles. The molecule has 1 N–H and O–H groups in total. The van der Waals surface area contributed by atoms with Crippen LogP contribution in [0.2, 0.25) is 5.02 Å². The number of carbonyl (C=O) groups is 1. The first-order valence-corrected chi connectivity index (χ1v) is 11.2. The average molecular weight is 499 g/mol. The van der Waals surface area contributed by atoms with Gasteiger partial charge in [-0.05, 0) is 55.8 Å². The number of rotatable bonds is 8. The summed E-state index contributed by atoms with van der Waals surface area (Å²) in [4.78, 5) is 14.9. The van der Waals surface area contributed by atoms with Crippen LogP contribution in [-0.2, 0) is 13.1 Å². The molecule has 0 bridgehead atoms. The van der Waals surface area contributed by atoms with Gasteiger partial charge in [-0.15, -0.1) is 0 Å². The van der Waals surface area contributed by atoms with Crippen molar-refractivity contribution in [2.75, 3.05) is 18.4 Å². The summed E-state index contributed by atoms with van der Waals surface area (Å²) in [5, 5.41) is 5.42. The molecule has 1 saturated heterocycles. The van der Waals surface area contributed by atoms with E-state index in [1.54, 1.807) is 12.1 Å². The van der Waals surface area contributed by atoms with Crippen LogP contribution in [0.4, 0.5) is 23.2 Å². The molecule has 0 spiro atoms. The molecule has 3 aromatic rings. The van der Waals surface area contributed by atoms with Gasteiger partial charge in [-0.25, -0.2) is 17.6 Å². The molecular weight excluding hydrogens is 476 g/mol. The average Bonchev–Trinajstić information content (AvgIpc) is 3.40. The topological polar surface area (TPSA) is 63.3 Å². The number of anilines is 1. The SMILES string of the molecule is O=C(Nc1ccc(CN2CCCCC2)cc1)c1ccc(Cn2nc(C(F)F)c(Cl)c2C(F)F)o1. The quantitative estimate of drug-likeness (QED) is 0.371. The highest BCUT2D eigenvalue weighted by Crippen LogP contribution is 2.35. The molecule has 1 amide bonds. The van der Waals surface area contributed by atoms with E-state index in [1.807, 2.05) is 12.1 Å². The lowest BCUT2D eigenvalue weighted by molar-refractivity contribution is 0.0994. The fraction of sp³-hybridized carbons (Fsp3) is 0.391. The van der Waals surface area contributed by atoms with Gasteiger partial charge in [0.25, 0.3) is 18.8 Å². The lowest BCUT2D eigenvalue weighted by atomic mass is 10.1. The van der Waals surface area contributed by atoms with Crippen LogP contribution in [0.3, 0.4) is 0 Å². The number of aromatic nitrogens is 2. The number of hydrogen-bond donors (Lipinski definition) is 1. The Bertz CT molecular complexity index is 1120. The Kier molecular flexibility index (Phi) is 7.57. The molecule has 0 atom stereocenters. The molecule has 3 heterocycles. The van der Waals surface area contributed by atoms with Crippen LogP contribution in [0.15, 0.2) is 40.8 Å². The highest BCUT2D eigenvalue weighted by molar-refractivity contribution is 6.32. The number of halogens is 5. The summed E-state index contributed by atoms with van der Waals surface area (Å²) in [5.41, 5.74) is -0.0314. The third kappa shape index (κ3) is 5.61. The van der Waals surface area contributed by atoms with Crippen LogP contribution >= 0.6 is 11.6 Å². The molecule has 4 rings (SSSR count). The minimum atomic E-state index is -3.11. The first kappa shape index (κ1) is 24.3. The first-order chi connectivity index (χ1) is 16.3. The van der Waals surface area contributed by atoms with Crippen molar-refractivity contribution in [1.82, 2.24) is 14.7 Å². The van der Waals surface area contributed by atoms with Crippen LogP contribution in [0.5, 0.6) is 0 Å². The smallest absolute Gasteiger partial charge is 0.291 e. The maximum absolute atomic E-state index is 13.3. The number of piperidine rings is 1. The second kappa shape index (κ2) is 10.6. The second-order valence-corrected chi connectivity index (χ2v) is 8.48. The van der Waals surface area contributed by atoms with Gasteiger partial charge < -0.3 is 9.73 Å². The number of benzene rings is 1. The van der Waals surface area contributed by atoms with Gasteiger partial charge in [-0.1, -0.05) is 30.2 Å². The van der Waals surface area contributed by atoms with Crippen molar-refractivity contribution in [3.8, 4) is 0 Å². The molecule has 1 aliphatic heterocycles. The summed E-state index contributed by atoms with van der Waals surface area (Å²) in [6.07, 6.45) is -2.51. The van der Waals surface area contributed by atoms with E-state index in [1.165, 1.54) is 31.4 Å². The van der Waals surface area contributed by atoms with Crippen molar-refractivity contribution in [3.05, 3.63) is 69.9 Å². The Morgan fingerprint density at radius 3 is 2.35 bits per heavy atom. The van der Waals surface area contributed by atoms with Crippen LogP contribution < -0.4 is 5.32 Å². The monoisotopic (exact) mass is 498 g/mol. The largest absolute Gasteiger partial charge is 0.454 e. The normalized spacial score (nSPS) is 14.8. The van der Waals surface area contributed by atoms with Crippen LogP contribution in [0, 0.1) is 0 Å².